The Morgan fingerprint density at radius 1 is 1.43 bits per heavy atom. The third-order valence-electron chi connectivity index (χ3n) is 2.50. The van der Waals surface area contributed by atoms with Gasteiger partial charge in [-0.05, 0) is 31.5 Å². The molecule has 1 heterocycles. The van der Waals surface area contributed by atoms with Crippen molar-refractivity contribution < 1.29 is 0 Å². The van der Waals surface area contributed by atoms with E-state index in [1.807, 2.05) is 26.0 Å². The molecule has 0 aliphatic heterocycles. The number of halogens is 1. The van der Waals surface area contributed by atoms with Gasteiger partial charge in [0, 0.05) is 22.1 Å². The van der Waals surface area contributed by atoms with Crippen LogP contribution in [0.25, 0.3) is 10.9 Å². The van der Waals surface area contributed by atoms with Gasteiger partial charge in [-0.2, -0.15) is 0 Å². The first-order valence-electron chi connectivity index (χ1n) is 4.63. The summed E-state index contributed by atoms with van der Waals surface area (Å²) in [7, 11) is 0. The van der Waals surface area contributed by atoms with E-state index in [-0.39, 0.29) is 6.04 Å². The Morgan fingerprint density at radius 2 is 2.14 bits per heavy atom. The van der Waals surface area contributed by atoms with Crippen LogP contribution in [0.1, 0.15) is 24.2 Å². The Kier molecular flexibility index (Phi) is 2.25. The summed E-state index contributed by atoms with van der Waals surface area (Å²) in [6.45, 7) is 3.97. The second-order valence-corrected chi connectivity index (χ2v) is 4.06. The molecule has 0 spiro atoms. The Hall–Kier alpha value is -0.990. The lowest BCUT2D eigenvalue weighted by molar-refractivity contribution is 0.792. The summed E-state index contributed by atoms with van der Waals surface area (Å²) in [6, 6.07) is 6.02. The van der Waals surface area contributed by atoms with E-state index in [0.29, 0.717) is 0 Å². The Morgan fingerprint density at radius 3 is 2.79 bits per heavy atom. The third kappa shape index (κ3) is 1.41. The number of H-pyrrole nitrogens is 1. The van der Waals surface area contributed by atoms with Crippen molar-refractivity contribution in [3.05, 3.63) is 34.5 Å². The molecule has 1 aromatic heterocycles. The van der Waals surface area contributed by atoms with Crippen LogP contribution in [0.5, 0.6) is 0 Å². The number of benzene rings is 1. The molecule has 3 heteroatoms. The zero-order valence-corrected chi connectivity index (χ0v) is 9.02. The molecule has 14 heavy (non-hydrogen) atoms. The predicted molar refractivity (Wildman–Crippen MR) is 60.6 cm³/mol. The zero-order chi connectivity index (χ0) is 10.3. The smallest absolute Gasteiger partial charge is 0.0501 e. The molecule has 0 amide bonds. The second kappa shape index (κ2) is 3.30. The topological polar surface area (TPSA) is 41.8 Å². The van der Waals surface area contributed by atoms with Gasteiger partial charge in [0.1, 0.15) is 0 Å². The Bertz CT molecular complexity index is 471. The zero-order valence-electron chi connectivity index (χ0n) is 8.26. The standard InChI is InChI=1S/C11H13ClN2/c1-6-9(12)4-3-8-5-10(7(2)13)14-11(6)8/h3-5,7,14H,13H2,1-2H3. The number of hydrogen-bond donors (Lipinski definition) is 2. The highest BCUT2D eigenvalue weighted by Crippen LogP contribution is 2.26. The largest absolute Gasteiger partial charge is 0.357 e. The van der Waals surface area contributed by atoms with Crippen LogP contribution in [0.4, 0.5) is 0 Å². The van der Waals surface area contributed by atoms with Gasteiger partial charge in [0.05, 0.1) is 5.52 Å². The minimum Gasteiger partial charge on any atom is -0.357 e. The Balaban J connectivity index is 2.71. The summed E-state index contributed by atoms with van der Waals surface area (Å²) in [5.41, 5.74) is 9.02. The van der Waals surface area contributed by atoms with E-state index < -0.39 is 0 Å². The van der Waals surface area contributed by atoms with Crippen molar-refractivity contribution in [2.45, 2.75) is 19.9 Å². The number of nitrogens with two attached hydrogens (primary N) is 1. The average molecular weight is 209 g/mol. The van der Waals surface area contributed by atoms with E-state index in [4.69, 9.17) is 17.3 Å². The first-order chi connectivity index (χ1) is 6.59. The Labute approximate surface area is 88.1 Å². The molecule has 2 nitrogen and oxygen atoms in total. The van der Waals surface area contributed by atoms with Gasteiger partial charge in [-0.25, -0.2) is 0 Å². The molecule has 0 saturated heterocycles. The predicted octanol–water partition coefficient (Wildman–Crippen LogP) is 3.15. The summed E-state index contributed by atoms with van der Waals surface area (Å²) in [6.07, 6.45) is 0. The fraction of sp³-hybridized carbons (Fsp3) is 0.273. The van der Waals surface area contributed by atoms with Crippen molar-refractivity contribution in [1.29, 1.82) is 0 Å². The lowest BCUT2D eigenvalue weighted by atomic mass is 10.1. The van der Waals surface area contributed by atoms with Gasteiger partial charge in [0.15, 0.2) is 0 Å². The van der Waals surface area contributed by atoms with Gasteiger partial charge in [0.2, 0.25) is 0 Å². The van der Waals surface area contributed by atoms with Crippen LogP contribution in [-0.4, -0.2) is 4.98 Å². The number of fused-ring (bicyclic) bond motifs is 1. The highest BCUT2D eigenvalue weighted by atomic mass is 35.5. The minimum absolute atomic E-state index is 0.0283. The molecule has 1 unspecified atom stereocenters. The monoisotopic (exact) mass is 208 g/mol. The maximum Gasteiger partial charge on any atom is 0.0501 e. The van der Waals surface area contributed by atoms with Crippen LogP contribution in [0, 0.1) is 6.92 Å². The molecule has 74 valence electrons. The highest BCUT2D eigenvalue weighted by molar-refractivity contribution is 6.32. The molecule has 2 rings (SSSR count). The molecule has 0 fully saturated rings. The lowest BCUT2D eigenvalue weighted by Crippen LogP contribution is -2.04. The van der Waals surface area contributed by atoms with Crippen LogP contribution < -0.4 is 5.73 Å². The normalized spacial score (nSPS) is 13.4. The lowest BCUT2D eigenvalue weighted by Gasteiger charge is -2.00. The van der Waals surface area contributed by atoms with Crippen molar-refractivity contribution in [2.75, 3.05) is 0 Å². The van der Waals surface area contributed by atoms with Gasteiger partial charge < -0.3 is 10.7 Å². The molecule has 0 saturated carbocycles. The number of aromatic amines is 1. The first-order valence-corrected chi connectivity index (χ1v) is 5.00. The number of aromatic nitrogens is 1. The number of nitrogens with one attached hydrogen (secondary N) is 1. The van der Waals surface area contributed by atoms with Gasteiger partial charge in [-0.1, -0.05) is 17.7 Å². The van der Waals surface area contributed by atoms with Crippen LogP contribution in [-0.2, 0) is 0 Å². The maximum atomic E-state index is 6.03. The van der Waals surface area contributed by atoms with Gasteiger partial charge in [-0.15, -0.1) is 0 Å². The first kappa shape index (κ1) is 9.56. The van der Waals surface area contributed by atoms with Crippen molar-refractivity contribution >= 4 is 22.5 Å². The average Bonchev–Trinajstić information content (AvgIpc) is 2.56. The molecule has 3 N–H and O–H groups in total. The van der Waals surface area contributed by atoms with Crippen LogP contribution >= 0.6 is 11.6 Å². The fourth-order valence-corrected chi connectivity index (χ4v) is 1.74. The van der Waals surface area contributed by atoms with Crippen LogP contribution in [0.15, 0.2) is 18.2 Å². The summed E-state index contributed by atoms with van der Waals surface area (Å²) < 4.78 is 0. The summed E-state index contributed by atoms with van der Waals surface area (Å²) in [5.74, 6) is 0. The quantitative estimate of drug-likeness (QED) is 0.743. The molecule has 1 aromatic carbocycles. The van der Waals surface area contributed by atoms with Crippen LogP contribution in [0.3, 0.4) is 0 Å². The molecular weight excluding hydrogens is 196 g/mol. The second-order valence-electron chi connectivity index (χ2n) is 3.65. The SMILES string of the molecule is Cc1c(Cl)ccc2cc(C(C)N)[nH]c12. The van der Waals surface area contributed by atoms with Crippen molar-refractivity contribution in [3.8, 4) is 0 Å². The van der Waals surface area contributed by atoms with E-state index in [1.54, 1.807) is 0 Å². The van der Waals surface area contributed by atoms with E-state index >= 15 is 0 Å². The minimum atomic E-state index is 0.0283. The summed E-state index contributed by atoms with van der Waals surface area (Å²) >= 11 is 6.03. The van der Waals surface area contributed by atoms with E-state index in [2.05, 4.69) is 11.1 Å². The number of rotatable bonds is 1. The number of hydrogen-bond acceptors (Lipinski definition) is 1. The van der Waals surface area contributed by atoms with Crippen LogP contribution in [0.2, 0.25) is 5.02 Å². The molecule has 0 radical (unpaired) electrons. The molecule has 2 aromatic rings. The van der Waals surface area contributed by atoms with Crippen molar-refractivity contribution in [3.63, 3.8) is 0 Å². The summed E-state index contributed by atoms with van der Waals surface area (Å²) in [5, 5.41) is 1.95. The van der Waals surface area contributed by atoms with E-state index in [9.17, 15) is 0 Å². The molecule has 0 aliphatic rings. The van der Waals surface area contributed by atoms with E-state index in [0.717, 1.165) is 21.8 Å². The molecule has 1 atom stereocenters. The van der Waals surface area contributed by atoms with Gasteiger partial charge in [0.25, 0.3) is 0 Å². The van der Waals surface area contributed by atoms with E-state index in [1.165, 1.54) is 5.39 Å². The van der Waals surface area contributed by atoms with Gasteiger partial charge >= 0.3 is 0 Å². The van der Waals surface area contributed by atoms with Gasteiger partial charge in [-0.3, -0.25) is 0 Å². The highest BCUT2D eigenvalue weighted by Gasteiger charge is 2.07. The van der Waals surface area contributed by atoms with Crippen molar-refractivity contribution in [1.82, 2.24) is 4.98 Å². The third-order valence-corrected chi connectivity index (χ3v) is 2.91. The molecule has 0 aliphatic carbocycles. The number of aryl methyl sites for hydroxylation is 1. The maximum absolute atomic E-state index is 6.03. The summed E-state index contributed by atoms with van der Waals surface area (Å²) in [4.78, 5) is 3.29. The molecule has 0 bridgehead atoms. The fourth-order valence-electron chi connectivity index (χ4n) is 1.59. The molecular formula is C11H13ClN2. The van der Waals surface area contributed by atoms with Crippen molar-refractivity contribution in [2.24, 2.45) is 5.73 Å².